The molecule has 8 heteroatoms. The van der Waals surface area contributed by atoms with E-state index in [2.05, 4.69) is 31.8 Å². The van der Waals surface area contributed by atoms with Crippen LogP contribution < -0.4 is 5.32 Å². The van der Waals surface area contributed by atoms with E-state index in [1.165, 1.54) is 6.26 Å². The Morgan fingerprint density at radius 3 is 2.96 bits per heavy atom. The van der Waals surface area contributed by atoms with E-state index in [1.54, 1.807) is 6.92 Å². The number of aryl methyl sites for hydroxylation is 2. The van der Waals surface area contributed by atoms with Crippen molar-refractivity contribution in [1.29, 1.82) is 0 Å². The van der Waals surface area contributed by atoms with Gasteiger partial charge in [-0.3, -0.25) is 4.90 Å². The molecule has 0 saturated carbocycles. The zero-order valence-electron chi connectivity index (χ0n) is 14.2. The molecule has 0 aromatic carbocycles. The molecule has 0 radical (unpaired) electrons. The Kier molecular flexibility index (Phi) is 5.14. The van der Waals surface area contributed by atoms with Crippen LogP contribution in [-0.2, 0) is 13.1 Å². The lowest BCUT2D eigenvalue weighted by Crippen LogP contribution is -2.38. The van der Waals surface area contributed by atoms with Gasteiger partial charge in [-0.1, -0.05) is 5.16 Å². The lowest BCUT2D eigenvalue weighted by molar-refractivity contribution is 0.210. The summed E-state index contributed by atoms with van der Waals surface area (Å²) in [6.07, 6.45) is 6.26. The van der Waals surface area contributed by atoms with Crippen LogP contribution in [-0.4, -0.2) is 56.7 Å². The van der Waals surface area contributed by atoms with Gasteiger partial charge in [0.15, 0.2) is 0 Å². The highest BCUT2D eigenvalue weighted by molar-refractivity contribution is 5.89. The monoisotopic (exact) mass is 332 g/mol. The highest BCUT2D eigenvalue weighted by atomic mass is 16.5. The van der Waals surface area contributed by atoms with Crippen LogP contribution in [0, 0.1) is 6.92 Å². The lowest BCUT2D eigenvalue weighted by Gasteiger charge is -2.22. The third kappa shape index (κ3) is 3.76. The summed E-state index contributed by atoms with van der Waals surface area (Å²) in [7, 11) is 0. The number of hydrogen-bond acceptors (Lipinski definition) is 5. The molecule has 24 heavy (non-hydrogen) atoms. The summed E-state index contributed by atoms with van der Waals surface area (Å²) < 4.78 is 7.01. The molecule has 130 valence electrons. The zero-order chi connectivity index (χ0) is 16.9. The molecule has 2 aromatic rings. The summed E-state index contributed by atoms with van der Waals surface area (Å²) in [5.74, 6) is 1.08. The summed E-state index contributed by atoms with van der Waals surface area (Å²) in [6.45, 7) is 8.92. The van der Waals surface area contributed by atoms with Gasteiger partial charge in [-0.2, -0.15) is 0 Å². The Labute approximate surface area is 141 Å². The van der Waals surface area contributed by atoms with E-state index < -0.39 is 0 Å². The van der Waals surface area contributed by atoms with E-state index in [4.69, 9.17) is 4.52 Å². The van der Waals surface area contributed by atoms with Crippen LogP contribution in [0.5, 0.6) is 0 Å². The highest BCUT2D eigenvalue weighted by Gasteiger charge is 2.21. The number of rotatable bonds is 4. The number of nitrogens with one attached hydrogen (secondary N) is 1. The third-order valence-corrected chi connectivity index (χ3v) is 4.37. The van der Waals surface area contributed by atoms with Crippen LogP contribution in [0.25, 0.3) is 0 Å². The standard InChI is InChI=1S/C16H24N6O2/c1-3-21-8-5-17-15(21)11-20-6-4-7-22(10-9-20)16(23)18-14-12-24-19-13(14)2/h5,8,12H,3-4,6-7,9-11H2,1-2H3,(H,18,23). The fraction of sp³-hybridized carbons (Fsp3) is 0.562. The van der Waals surface area contributed by atoms with Gasteiger partial charge in [0.2, 0.25) is 0 Å². The fourth-order valence-corrected chi connectivity index (χ4v) is 2.92. The molecule has 8 nitrogen and oxygen atoms in total. The Balaban J connectivity index is 1.55. The minimum Gasteiger partial charge on any atom is -0.362 e. The molecule has 3 rings (SSSR count). The summed E-state index contributed by atoms with van der Waals surface area (Å²) >= 11 is 0. The number of nitrogens with zero attached hydrogens (tertiary/aromatic N) is 5. The predicted octanol–water partition coefficient (Wildman–Crippen LogP) is 1.94. The smallest absolute Gasteiger partial charge is 0.322 e. The lowest BCUT2D eigenvalue weighted by atomic mass is 10.3. The maximum atomic E-state index is 12.4. The molecule has 2 amide bonds. The van der Waals surface area contributed by atoms with E-state index in [0.717, 1.165) is 45.0 Å². The van der Waals surface area contributed by atoms with Gasteiger partial charge in [0.1, 0.15) is 23.5 Å². The molecule has 0 unspecified atom stereocenters. The van der Waals surface area contributed by atoms with Gasteiger partial charge in [0.25, 0.3) is 0 Å². The maximum absolute atomic E-state index is 12.4. The Morgan fingerprint density at radius 1 is 1.33 bits per heavy atom. The molecule has 1 fully saturated rings. The molecule has 1 saturated heterocycles. The van der Waals surface area contributed by atoms with Crippen LogP contribution in [0.1, 0.15) is 24.9 Å². The summed E-state index contributed by atoms with van der Waals surface area (Å²) in [5.41, 5.74) is 1.32. The molecule has 0 bridgehead atoms. The highest BCUT2D eigenvalue weighted by Crippen LogP contribution is 2.14. The van der Waals surface area contributed by atoms with Gasteiger partial charge >= 0.3 is 6.03 Å². The molecule has 1 aliphatic heterocycles. The van der Waals surface area contributed by atoms with Gasteiger partial charge in [-0.15, -0.1) is 0 Å². The zero-order valence-corrected chi connectivity index (χ0v) is 14.2. The van der Waals surface area contributed by atoms with E-state index in [-0.39, 0.29) is 6.03 Å². The van der Waals surface area contributed by atoms with E-state index in [9.17, 15) is 4.79 Å². The number of anilines is 1. The summed E-state index contributed by atoms with van der Waals surface area (Å²) in [6, 6.07) is -0.0989. The van der Waals surface area contributed by atoms with Crippen molar-refractivity contribution in [1.82, 2.24) is 24.5 Å². The number of urea groups is 1. The Hall–Kier alpha value is -2.35. The first-order valence-electron chi connectivity index (χ1n) is 8.36. The van der Waals surface area contributed by atoms with Crippen molar-refractivity contribution in [2.45, 2.75) is 33.4 Å². The molecule has 0 spiro atoms. The van der Waals surface area contributed by atoms with Crippen molar-refractivity contribution >= 4 is 11.7 Å². The average molecular weight is 332 g/mol. The van der Waals surface area contributed by atoms with Crippen LogP contribution >= 0.6 is 0 Å². The second kappa shape index (κ2) is 7.48. The first kappa shape index (κ1) is 16.5. The van der Waals surface area contributed by atoms with Gasteiger partial charge in [0.05, 0.1) is 6.54 Å². The minimum atomic E-state index is -0.0989. The van der Waals surface area contributed by atoms with Crippen molar-refractivity contribution in [3.05, 3.63) is 30.2 Å². The SMILES string of the molecule is CCn1ccnc1CN1CCCN(C(=O)Nc2conc2C)CC1. The van der Waals surface area contributed by atoms with Crippen molar-refractivity contribution < 1.29 is 9.32 Å². The number of aromatic nitrogens is 3. The van der Waals surface area contributed by atoms with Crippen molar-refractivity contribution in [2.24, 2.45) is 0 Å². The number of carbonyl (C=O) groups excluding carboxylic acids is 1. The van der Waals surface area contributed by atoms with Crippen LogP contribution in [0.4, 0.5) is 10.5 Å². The molecule has 1 aliphatic rings. The van der Waals surface area contributed by atoms with Gasteiger partial charge in [-0.25, -0.2) is 9.78 Å². The van der Waals surface area contributed by atoms with E-state index >= 15 is 0 Å². The molecule has 1 N–H and O–H groups in total. The van der Waals surface area contributed by atoms with Crippen molar-refractivity contribution in [3.8, 4) is 0 Å². The quantitative estimate of drug-likeness (QED) is 0.925. The molecule has 3 heterocycles. The largest absolute Gasteiger partial charge is 0.362 e. The van der Waals surface area contributed by atoms with E-state index in [1.807, 2.05) is 17.3 Å². The summed E-state index contributed by atoms with van der Waals surface area (Å²) in [4.78, 5) is 21.0. The van der Waals surface area contributed by atoms with E-state index in [0.29, 0.717) is 17.9 Å². The average Bonchev–Trinajstić information content (AvgIpc) is 3.11. The van der Waals surface area contributed by atoms with Crippen molar-refractivity contribution in [2.75, 3.05) is 31.5 Å². The summed E-state index contributed by atoms with van der Waals surface area (Å²) in [5, 5.41) is 6.64. The molecular weight excluding hydrogens is 308 g/mol. The second-order valence-corrected chi connectivity index (χ2v) is 5.99. The normalized spacial score (nSPS) is 16.2. The molecule has 2 aromatic heterocycles. The fourth-order valence-electron chi connectivity index (χ4n) is 2.92. The number of amides is 2. The Morgan fingerprint density at radius 2 is 2.21 bits per heavy atom. The molecule has 0 aliphatic carbocycles. The Bertz CT molecular complexity index is 680. The number of carbonyl (C=O) groups is 1. The minimum absolute atomic E-state index is 0.0989. The van der Waals surface area contributed by atoms with Crippen LogP contribution in [0.3, 0.4) is 0 Å². The van der Waals surface area contributed by atoms with Crippen LogP contribution in [0.15, 0.2) is 23.2 Å². The predicted molar refractivity (Wildman–Crippen MR) is 89.6 cm³/mol. The molecule has 0 atom stereocenters. The topological polar surface area (TPSA) is 79.4 Å². The first-order chi connectivity index (χ1) is 11.7. The van der Waals surface area contributed by atoms with Gasteiger partial charge < -0.3 is 19.3 Å². The number of hydrogen-bond donors (Lipinski definition) is 1. The maximum Gasteiger partial charge on any atom is 0.322 e. The molecular formula is C16H24N6O2. The number of imidazole rings is 1. The van der Waals surface area contributed by atoms with Crippen LogP contribution in [0.2, 0.25) is 0 Å². The van der Waals surface area contributed by atoms with Gasteiger partial charge in [-0.05, 0) is 20.3 Å². The first-order valence-corrected chi connectivity index (χ1v) is 8.36. The second-order valence-electron chi connectivity index (χ2n) is 5.99. The third-order valence-electron chi connectivity index (χ3n) is 4.37. The van der Waals surface area contributed by atoms with Crippen molar-refractivity contribution in [3.63, 3.8) is 0 Å². The van der Waals surface area contributed by atoms with Gasteiger partial charge in [0, 0.05) is 45.1 Å².